The lowest BCUT2D eigenvalue weighted by Crippen LogP contribution is -1.91. The van der Waals surface area contributed by atoms with E-state index in [2.05, 4.69) is 57.9 Å². The first-order chi connectivity index (χ1) is 9.12. The van der Waals surface area contributed by atoms with Gasteiger partial charge >= 0.3 is 0 Å². The van der Waals surface area contributed by atoms with E-state index >= 15 is 0 Å². The second kappa shape index (κ2) is 7.38. The summed E-state index contributed by atoms with van der Waals surface area (Å²) in [6.07, 6.45) is 10.6. The van der Waals surface area contributed by atoms with E-state index in [0.717, 1.165) is 12.0 Å². The Labute approximate surface area is 117 Å². The van der Waals surface area contributed by atoms with Gasteiger partial charge in [-0.2, -0.15) is 0 Å². The van der Waals surface area contributed by atoms with Crippen molar-refractivity contribution in [1.82, 2.24) is 0 Å². The summed E-state index contributed by atoms with van der Waals surface area (Å²) in [6.45, 7) is 15.6. The van der Waals surface area contributed by atoms with Crippen molar-refractivity contribution in [1.29, 1.82) is 0 Å². The van der Waals surface area contributed by atoms with Gasteiger partial charge in [-0.15, -0.1) is 0 Å². The fourth-order valence-corrected chi connectivity index (χ4v) is 1.83. The SMILES string of the molecule is C=C/C=C(\C=C)c1ccc(C)c(C/C=C(/C)C=C)c1. The number of hydrogen-bond donors (Lipinski definition) is 0. The quantitative estimate of drug-likeness (QED) is 0.591. The lowest BCUT2D eigenvalue weighted by atomic mass is 9.97. The molecule has 0 radical (unpaired) electrons. The van der Waals surface area contributed by atoms with Crippen molar-refractivity contribution in [2.75, 3.05) is 0 Å². The summed E-state index contributed by atoms with van der Waals surface area (Å²) in [5.41, 5.74) is 6.12. The van der Waals surface area contributed by atoms with Crippen LogP contribution in [0, 0.1) is 6.92 Å². The average molecular weight is 250 g/mol. The van der Waals surface area contributed by atoms with Gasteiger partial charge in [0.25, 0.3) is 0 Å². The van der Waals surface area contributed by atoms with E-state index in [4.69, 9.17) is 0 Å². The Kier molecular flexibility index (Phi) is 5.81. The van der Waals surface area contributed by atoms with Crippen LogP contribution in [0.3, 0.4) is 0 Å². The van der Waals surface area contributed by atoms with E-state index in [1.54, 1.807) is 6.08 Å². The summed E-state index contributed by atoms with van der Waals surface area (Å²) in [5, 5.41) is 0. The maximum absolute atomic E-state index is 3.85. The molecule has 0 saturated heterocycles. The van der Waals surface area contributed by atoms with Crippen LogP contribution >= 0.6 is 0 Å². The Morgan fingerprint density at radius 2 is 1.89 bits per heavy atom. The maximum Gasteiger partial charge on any atom is -0.00889 e. The summed E-state index contributed by atoms with van der Waals surface area (Å²) < 4.78 is 0. The minimum Gasteiger partial charge on any atom is -0.0990 e. The third-order valence-corrected chi connectivity index (χ3v) is 3.17. The van der Waals surface area contributed by atoms with Crippen molar-refractivity contribution in [3.05, 3.63) is 90.6 Å². The summed E-state index contributed by atoms with van der Waals surface area (Å²) in [6, 6.07) is 6.50. The first-order valence-corrected chi connectivity index (χ1v) is 6.46. The summed E-state index contributed by atoms with van der Waals surface area (Å²) in [7, 11) is 0. The second-order valence-corrected chi connectivity index (χ2v) is 4.56. The van der Waals surface area contributed by atoms with Gasteiger partial charge in [-0.25, -0.2) is 0 Å². The van der Waals surface area contributed by atoms with E-state index in [-0.39, 0.29) is 0 Å². The maximum atomic E-state index is 3.85. The monoisotopic (exact) mass is 250 g/mol. The molecule has 0 nitrogen and oxygen atoms in total. The van der Waals surface area contributed by atoms with E-state index in [0.29, 0.717) is 0 Å². The van der Waals surface area contributed by atoms with Gasteiger partial charge in [0, 0.05) is 0 Å². The van der Waals surface area contributed by atoms with Gasteiger partial charge in [-0.05, 0) is 42.5 Å². The molecule has 0 saturated carbocycles. The Morgan fingerprint density at radius 1 is 1.16 bits per heavy atom. The molecule has 1 aromatic rings. The van der Waals surface area contributed by atoms with Crippen molar-refractivity contribution in [2.45, 2.75) is 20.3 Å². The third kappa shape index (κ3) is 4.26. The molecule has 0 unspecified atom stereocenters. The van der Waals surface area contributed by atoms with Crippen LogP contribution in [0.25, 0.3) is 5.57 Å². The molecule has 0 aliphatic carbocycles. The molecule has 0 heteroatoms. The van der Waals surface area contributed by atoms with Crippen LogP contribution in [0.15, 0.2) is 73.9 Å². The predicted octanol–water partition coefficient (Wildman–Crippen LogP) is 5.43. The highest BCUT2D eigenvalue weighted by Crippen LogP contribution is 2.20. The molecule has 0 heterocycles. The van der Waals surface area contributed by atoms with Crippen LogP contribution in [0.1, 0.15) is 23.6 Å². The van der Waals surface area contributed by atoms with Crippen molar-refractivity contribution in [2.24, 2.45) is 0 Å². The molecule has 1 rings (SSSR count). The van der Waals surface area contributed by atoms with Crippen molar-refractivity contribution < 1.29 is 0 Å². The van der Waals surface area contributed by atoms with E-state index in [1.807, 2.05) is 18.2 Å². The summed E-state index contributed by atoms with van der Waals surface area (Å²) in [4.78, 5) is 0. The predicted molar refractivity (Wildman–Crippen MR) is 87.2 cm³/mol. The Hall–Kier alpha value is -2.08. The molecule has 0 bridgehead atoms. The van der Waals surface area contributed by atoms with Gasteiger partial charge in [0.1, 0.15) is 0 Å². The second-order valence-electron chi connectivity index (χ2n) is 4.56. The van der Waals surface area contributed by atoms with Gasteiger partial charge in [0.05, 0.1) is 0 Å². The van der Waals surface area contributed by atoms with Crippen LogP contribution < -0.4 is 0 Å². The number of benzene rings is 1. The number of hydrogen-bond acceptors (Lipinski definition) is 0. The first-order valence-electron chi connectivity index (χ1n) is 6.46. The van der Waals surface area contributed by atoms with Gasteiger partial charge in [0.2, 0.25) is 0 Å². The Balaban J connectivity index is 3.13. The van der Waals surface area contributed by atoms with E-state index < -0.39 is 0 Å². The average Bonchev–Trinajstić information content (AvgIpc) is 2.43. The van der Waals surface area contributed by atoms with E-state index in [9.17, 15) is 0 Å². The third-order valence-electron chi connectivity index (χ3n) is 3.17. The molecule has 0 N–H and O–H groups in total. The zero-order chi connectivity index (χ0) is 14.3. The van der Waals surface area contributed by atoms with Crippen LogP contribution in [0.2, 0.25) is 0 Å². The molecule has 0 atom stereocenters. The smallest absolute Gasteiger partial charge is 0.00889 e. The number of aryl methyl sites for hydroxylation is 1. The molecule has 0 aliphatic heterocycles. The van der Waals surface area contributed by atoms with Crippen molar-refractivity contribution >= 4 is 5.57 Å². The highest BCUT2D eigenvalue weighted by atomic mass is 14.1. The zero-order valence-corrected chi connectivity index (χ0v) is 11.9. The zero-order valence-electron chi connectivity index (χ0n) is 11.9. The summed E-state index contributed by atoms with van der Waals surface area (Å²) in [5.74, 6) is 0. The van der Waals surface area contributed by atoms with Crippen LogP contribution in [0.4, 0.5) is 0 Å². The lowest BCUT2D eigenvalue weighted by Gasteiger charge is -2.08. The molecule has 0 aromatic heterocycles. The Bertz CT molecular complexity index is 539. The first kappa shape index (κ1) is 15.0. The number of allylic oxidation sites excluding steroid dienone is 7. The van der Waals surface area contributed by atoms with Gasteiger partial charge in [-0.1, -0.05) is 73.9 Å². The van der Waals surface area contributed by atoms with Crippen molar-refractivity contribution in [3.8, 4) is 0 Å². The molecular weight excluding hydrogens is 228 g/mol. The molecule has 1 aromatic carbocycles. The summed E-state index contributed by atoms with van der Waals surface area (Å²) >= 11 is 0. The largest absolute Gasteiger partial charge is 0.0990 e. The van der Waals surface area contributed by atoms with Crippen LogP contribution in [-0.2, 0) is 6.42 Å². The molecule has 0 spiro atoms. The molecule has 19 heavy (non-hydrogen) atoms. The molecule has 0 aliphatic rings. The fourth-order valence-electron chi connectivity index (χ4n) is 1.83. The topological polar surface area (TPSA) is 0 Å². The molecule has 0 amide bonds. The van der Waals surface area contributed by atoms with Crippen LogP contribution in [0.5, 0.6) is 0 Å². The highest BCUT2D eigenvalue weighted by Gasteiger charge is 2.02. The molecule has 0 fully saturated rings. The van der Waals surface area contributed by atoms with Gasteiger partial charge in [-0.3, -0.25) is 0 Å². The fraction of sp³-hybridized carbons (Fsp3) is 0.158. The van der Waals surface area contributed by atoms with E-state index in [1.165, 1.54) is 22.3 Å². The molecule has 98 valence electrons. The normalized spacial score (nSPS) is 12.1. The standard InChI is InChI=1S/C19H22/c1-6-9-17(8-3)19-13-11-16(5)18(14-19)12-10-15(4)7-2/h6-11,13-14H,1-3,12H2,4-5H3/b15-10-,17-9+. The van der Waals surface area contributed by atoms with Gasteiger partial charge in [0.15, 0.2) is 0 Å². The lowest BCUT2D eigenvalue weighted by molar-refractivity contribution is 1.19. The minimum absolute atomic E-state index is 0.927. The molecular formula is C19H22. The van der Waals surface area contributed by atoms with Crippen LogP contribution in [-0.4, -0.2) is 0 Å². The highest BCUT2D eigenvalue weighted by molar-refractivity contribution is 5.75. The Morgan fingerprint density at radius 3 is 2.47 bits per heavy atom. The minimum atomic E-state index is 0.927. The van der Waals surface area contributed by atoms with Gasteiger partial charge < -0.3 is 0 Å². The van der Waals surface area contributed by atoms with Crippen molar-refractivity contribution in [3.63, 3.8) is 0 Å². The number of rotatable bonds is 6.